The van der Waals surface area contributed by atoms with E-state index in [4.69, 9.17) is 11.6 Å². The van der Waals surface area contributed by atoms with Crippen LogP contribution in [0.2, 0.25) is 0 Å². The topological polar surface area (TPSA) is 75.6 Å². The summed E-state index contributed by atoms with van der Waals surface area (Å²) in [4.78, 5) is 15.3. The Balaban J connectivity index is 2.02. The summed E-state index contributed by atoms with van der Waals surface area (Å²) >= 11 is 0. The van der Waals surface area contributed by atoms with Crippen molar-refractivity contribution < 1.29 is 4.79 Å². The fraction of sp³-hybridized carbons (Fsp3) is 0.464. The number of fused-ring (bicyclic) bond motifs is 2. The third kappa shape index (κ3) is 6.17. The summed E-state index contributed by atoms with van der Waals surface area (Å²) < 4.78 is 0. The van der Waals surface area contributed by atoms with Crippen LogP contribution < -0.4 is 16.5 Å². The highest BCUT2D eigenvalue weighted by atomic mass is 16.2. The van der Waals surface area contributed by atoms with Crippen LogP contribution in [0.15, 0.2) is 48.5 Å². The van der Waals surface area contributed by atoms with Crippen LogP contribution in [0.5, 0.6) is 0 Å². The molecule has 33 heavy (non-hydrogen) atoms. The SMILES string of the molecule is CCCCCCCN(N)/C1=C(\N)c2ccccc2CN(C(=O)CCCCC)c2ccccc21. The van der Waals surface area contributed by atoms with Gasteiger partial charge in [0.1, 0.15) is 0 Å². The molecule has 1 amide bonds. The van der Waals surface area contributed by atoms with Crippen molar-refractivity contribution in [1.82, 2.24) is 5.01 Å². The Hall–Kier alpha value is -2.79. The van der Waals surface area contributed by atoms with Gasteiger partial charge in [0.05, 0.1) is 23.6 Å². The molecule has 0 atom stereocenters. The second-order valence-electron chi connectivity index (χ2n) is 8.98. The maximum absolute atomic E-state index is 13.4. The van der Waals surface area contributed by atoms with Crippen molar-refractivity contribution in [3.8, 4) is 0 Å². The van der Waals surface area contributed by atoms with E-state index >= 15 is 0 Å². The first-order valence-corrected chi connectivity index (χ1v) is 12.6. The Morgan fingerprint density at radius 2 is 1.52 bits per heavy atom. The molecule has 5 heteroatoms. The molecule has 0 fully saturated rings. The van der Waals surface area contributed by atoms with Gasteiger partial charge in [0.15, 0.2) is 0 Å². The number of hydrogen-bond donors (Lipinski definition) is 2. The molecule has 2 aromatic carbocycles. The van der Waals surface area contributed by atoms with Crippen molar-refractivity contribution in [2.45, 2.75) is 78.2 Å². The maximum atomic E-state index is 13.4. The molecule has 0 unspecified atom stereocenters. The Labute approximate surface area is 199 Å². The average Bonchev–Trinajstić information content (AvgIpc) is 2.82. The van der Waals surface area contributed by atoms with Crippen molar-refractivity contribution >= 4 is 23.0 Å². The van der Waals surface area contributed by atoms with E-state index in [0.29, 0.717) is 18.7 Å². The summed E-state index contributed by atoms with van der Waals surface area (Å²) in [6.07, 6.45) is 9.45. The molecule has 0 bridgehead atoms. The monoisotopic (exact) mass is 448 g/mol. The highest BCUT2D eigenvalue weighted by Gasteiger charge is 2.27. The summed E-state index contributed by atoms with van der Waals surface area (Å²) in [5, 5.41) is 1.79. The molecule has 0 saturated carbocycles. The normalized spacial score (nSPS) is 15.4. The summed E-state index contributed by atoms with van der Waals surface area (Å²) in [6, 6.07) is 16.1. The first-order chi connectivity index (χ1) is 16.1. The number of hydrazine groups is 1. The summed E-state index contributed by atoms with van der Waals surface area (Å²) in [6.45, 7) is 5.61. The van der Waals surface area contributed by atoms with E-state index in [2.05, 4.69) is 19.9 Å². The number of carbonyl (C=O) groups excluding carboxylic acids is 1. The fourth-order valence-electron chi connectivity index (χ4n) is 4.55. The largest absolute Gasteiger partial charge is 0.396 e. The maximum Gasteiger partial charge on any atom is 0.227 e. The predicted molar refractivity (Wildman–Crippen MR) is 139 cm³/mol. The molecule has 178 valence electrons. The molecular formula is C28H40N4O. The molecule has 1 aliphatic rings. The van der Waals surface area contributed by atoms with Crippen LogP contribution >= 0.6 is 0 Å². The minimum absolute atomic E-state index is 0.147. The third-order valence-electron chi connectivity index (χ3n) is 6.43. The minimum atomic E-state index is 0.147. The Bertz CT molecular complexity index is 952. The molecule has 2 aromatic rings. The number of benzene rings is 2. The fourth-order valence-corrected chi connectivity index (χ4v) is 4.55. The van der Waals surface area contributed by atoms with Gasteiger partial charge in [-0.3, -0.25) is 4.79 Å². The van der Waals surface area contributed by atoms with Crippen LogP contribution in [-0.2, 0) is 11.3 Å². The van der Waals surface area contributed by atoms with E-state index in [-0.39, 0.29) is 5.91 Å². The van der Waals surface area contributed by atoms with Crippen LogP contribution in [0.4, 0.5) is 5.69 Å². The minimum Gasteiger partial charge on any atom is -0.396 e. The molecule has 1 heterocycles. The average molecular weight is 449 g/mol. The van der Waals surface area contributed by atoms with E-state index in [1.54, 1.807) is 5.01 Å². The lowest BCUT2D eigenvalue weighted by atomic mass is 9.95. The van der Waals surface area contributed by atoms with Gasteiger partial charge in [0.25, 0.3) is 0 Å². The van der Waals surface area contributed by atoms with E-state index < -0.39 is 0 Å². The molecule has 0 aliphatic carbocycles. The van der Waals surface area contributed by atoms with Crippen molar-refractivity contribution in [2.75, 3.05) is 11.4 Å². The molecule has 0 radical (unpaired) electrons. The first-order valence-electron chi connectivity index (χ1n) is 12.6. The summed E-state index contributed by atoms with van der Waals surface area (Å²) in [7, 11) is 0. The molecule has 1 aliphatic heterocycles. The third-order valence-corrected chi connectivity index (χ3v) is 6.43. The van der Waals surface area contributed by atoms with Crippen molar-refractivity contribution in [1.29, 1.82) is 0 Å². The standard InChI is InChI=1S/C28H40N4O/c1-3-5-7-8-14-20-32(30)28-24-17-12-13-18-25(24)31(26(33)19-9-6-4-2)21-22-15-10-11-16-23(22)27(28)29/h10-13,15-18H,3-9,14,19-21,29-30H2,1-2H3/b28-27-. The lowest BCUT2D eigenvalue weighted by Crippen LogP contribution is -2.36. The number of nitrogens with zero attached hydrogens (tertiary/aromatic N) is 2. The number of rotatable bonds is 11. The Kier molecular flexibility index (Phi) is 9.37. The number of amides is 1. The highest BCUT2D eigenvalue weighted by Crippen LogP contribution is 2.37. The second kappa shape index (κ2) is 12.4. The van der Waals surface area contributed by atoms with Gasteiger partial charge in [0.2, 0.25) is 5.91 Å². The summed E-state index contributed by atoms with van der Waals surface area (Å²) in [5.74, 6) is 6.80. The van der Waals surface area contributed by atoms with Crippen LogP contribution in [0.1, 0.15) is 88.3 Å². The van der Waals surface area contributed by atoms with E-state index in [0.717, 1.165) is 66.7 Å². The molecule has 0 aromatic heterocycles. The first kappa shape index (κ1) is 24.8. The molecule has 0 saturated heterocycles. The Morgan fingerprint density at radius 3 is 2.27 bits per heavy atom. The lowest BCUT2D eigenvalue weighted by molar-refractivity contribution is -0.118. The zero-order valence-corrected chi connectivity index (χ0v) is 20.4. The van der Waals surface area contributed by atoms with Gasteiger partial charge in [-0.25, -0.2) is 5.84 Å². The number of hydrogen-bond acceptors (Lipinski definition) is 4. The number of anilines is 1. The lowest BCUT2D eigenvalue weighted by Gasteiger charge is -2.33. The van der Waals surface area contributed by atoms with Gasteiger partial charge >= 0.3 is 0 Å². The molecular weight excluding hydrogens is 408 g/mol. The van der Waals surface area contributed by atoms with Crippen molar-refractivity contribution in [3.63, 3.8) is 0 Å². The van der Waals surface area contributed by atoms with Crippen molar-refractivity contribution in [2.24, 2.45) is 11.6 Å². The smallest absolute Gasteiger partial charge is 0.227 e. The van der Waals surface area contributed by atoms with Gasteiger partial charge < -0.3 is 15.6 Å². The number of nitrogens with two attached hydrogens (primary N) is 2. The van der Waals surface area contributed by atoms with Crippen LogP contribution in [-0.4, -0.2) is 17.5 Å². The van der Waals surface area contributed by atoms with Gasteiger partial charge in [-0.2, -0.15) is 0 Å². The van der Waals surface area contributed by atoms with E-state index in [1.165, 1.54) is 19.3 Å². The van der Waals surface area contributed by atoms with Gasteiger partial charge in [-0.15, -0.1) is 0 Å². The van der Waals surface area contributed by atoms with Crippen LogP contribution in [0, 0.1) is 0 Å². The molecule has 3 rings (SSSR count). The number of unbranched alkanes of at least 4 members (excludes halogenated alkanes) is 6. The zero-order chi connectivity index (χ0) is 23.6. The summed E-state index contributed by atoms with van der Waals surface area (Å²) in [5.41, 5.74) is 12.1. The number of para-hydroxylation sites is 1. The Morgan fingerprint density at radius 1 is 0.879 bits per heavy atom. The number of carbonyl (C=O) groups is 1. The van der Waals surface area contributed by atoms with E-state index in [1.807, 2.05) is 47.4 Å². The molecule has 0 spiro atoms. The second-order valence-corrected chi connectivity index (χ2v) is 8.98. The quantitative estimate of drug-likeness (QED) is 0.249. The van der Waals surface area contributed by atoms with Gasteiger partial charge in [-0.1, -0.05) is 94.8 Å². The molecule has 4 N–H and O–H groups in total. The molecule has 5 nitrogen and oxygen atoms in total. The van der Waals surface area contributed by atoms with Crippen LogP contribution in [0.3, 0.4) is 0 Å². The van der Waals surface area contributed by atoms with E-state index in [9.17, 15) is 4.79 Å². The predicted octanol–water partition coefficient (Wildman–Crippen LogP) is 6.04. The van der Waals surface area contributed by atoms with Gasteiger partial charge in [-0.05, 0) is 24.5 Å². The highest BCUT2D eigenvalue weighted by molar-refractivity contribution is 6.01. The zero-order valence-electron chi connectivity index (χ0n) is 20.4. The van der Waals surface area contributed by atoms with Gasteiger partial charge in [0, 0.05) is 24.1 Å². The van der Waals surface area contributed by atoms with Crippen LogP contribution in [0.25, 0.3) is 11.4 Å². The van der Waals surface area contributed by atoms with Crippen molar-refractivity contribution in [3.05, 3.63) is 65.2 Å².